The van der Waals surface area contributed by atoms with Crippen molar-refractivity contribution in [2.45, 2.75) is 51.2 Å². The van der Waals surface area contributed by atoms with Crippen LogP contribution in [0.25, 0.3) is 11.5 Å². The lowest BCUT2D eigenvalue weighted by atomic mass is 9.90. The lowest BCUT2D eigenvalue weighted by Crippen LogP contribution is -2.55. The van der Waals surface area contributed by atoms with Crippen molar-refractivity contribution in [3.8, 4) is 11.5 Å². The molecule has 1 aliphatic carbocycles. The molecule has 1 aliphatic heterocycles. The first-order valence-corrected chi connectivity index (χ1v) is 9.25. The molecule has 5 nitrogen and oxygen atoms in total. The lowest BCUT2D eigenvalue weighted by Gasteiger charge is -2.43. The highest BCUT2D eigenvalue weighted by Crippen LogP contribution is 2.29. The van der Waals surface area contributed by atoms with Crippen LogP contribution in [0.3, 0.4) is 0 Å². The van der Waals surface area contributed by atoms with Crippen LogP contribution in [0.2, 0.25) is 0 Å². The number of ether oxygens (including phenoxy) is 1. The summed E-state index contributed by atoms with van der Waals surface area (Å²) >= 11 is 0. The summed E-state index contributed by atoms with van der Waals surface area (Å²) in [4.78, 5) is 19.3. The Bertz CT molecular complexity index is 802. The highest BCUT2D eigenvalue weighted by molar-refractivity contribution is 5.79. The normalized spacial score (nSPS) is 22.9. The van der Waals surface area contributed by atoms with Crippen molar-refractivity contribution in [3.05, 3.63) is 41.5 Å². The molecule has 4 rings (SSSR count). The second-order valence-corrected chi connectivity index (χ2v) is 7.06. The zero-order valence-electron chi connectivity index (χ0n) is 14.9. The van der Waals surface area contributed by atoms with Crippen molar-refractivity contribution in [2.24, 2.45) is 0 Å². The second kappa shape index (κ2) is 7.19. The number of carbonyl (C=O) groups is 1. The van der Waals surface area contributed by atoms with Crippen LogP contribution in [0, 0.1) is 12.7 Å². The van der Waals surface area contributed by atoms with Gasteiger partial charge in [0.25, 0.3) is 0 Å². The summed E-state index contributed by atoms with van der Waals surface area (Å²) in [6.45, 7) is 3.02. The van der Waals surface area contributed by atoms with Gasteiger partial charge in [-0.2, -0.15) is 0 Å². The second-order valence-electron chi connectivity index (χ2n) is 7.06. The van der Waals surface area contributed by atoms with Crippen molar-refractivity contribution >= 4 is 5.91 Å². The van der Waals surface area contributed by atoms with E-state index >= 15 is 0 Å². The SMILES string of the molecule is Cc1oc(-c2cccc(F)c2)nc1CC(=O)N1CCOC2CCCCC21. The van der Waals surface area contributed by atoms with Crippen LogP contribution in [-0.2, 0) is 16.0 Å². The summed E-state index contributed by atoms with van der Waals surface area (Å²) in [7, 11) is 0. The highest BCUT2D eigenvalue weighted by atomic mass is 19.1. The minimum absolute atomic E-state index is 0.0624. The summed E-state index contributed by atoms with van der Waals surface area (Å²) in [5.74, 6) is 0.674. The largest absolute Gasteiger partial charge is 0.441 e. The number of benzene rings is 1. The Morgan fingerprint density at radius 1 is 1.35 bits per heavy atom. The van der Waals surface area contributed by atoms with Gasteiger partial charge in [-0.05, 0) is 38.0 Å². The number of hydrogen-bond acceptors (Lipinski definition) is 4. The molecular formula is C20H23FN2O3. The first kappa shape index (κ1) is 17.2. The third-order valence-electron chi connectivity index (χ3n) is 5.34. The number of carbonyl (C=O) groups excluding carboxylic acids is 1. The zero-order valence-corrected chi connectivity index (χ0v) is 14.9. The maximum absolute atomic E-state index is 13.4. The van der Waals surface area contributed by atoms with Gasteiger partial charge in [0.15, 0.2) is 0 Å². The molecule has 1 aromatic carbocycles. The fourth-order valence-electron chi connectivity index (χ4n) is 3.99. The Morgan fingerprint density at radius 2 is 2.19 bits per heavy atom. The van der Waals surface area contributed by atoms with Gasteiger partial charge in [0.05, 0.1) is 30.9 Å². The molecule has 6 heteroatoms. The Kier molecular flexibility index (Phi) is 4.76. The number of aryl methyl sites for hydroxylation is 1. The van der Waals surface area contributed by atoms with E-state index in [2.05, 4.69) is 4.98 Å². The minimum Gasteiger partial charge on any atom is -0.441 e. The van der Waals surface area contributed by atoms with Gasteiger partial charge < -0.3 is 14.1 Å². The van der Waals surface area contributed by atoms with E-state index < -0.39 is 0 Å². The smallest absolute Gasteiger partial charge is 0.229 e. The molecule has 0 bridgehead atoms. The van der Waals surface area contributed by atoms with Crippen molar-refractivity contribution < 1.29 is 18.3 Å². The van der Waals surface area contributed by atoms with Crippen LogP contribution >= 0.6 is 0 Å². The van der Waals surface area contributed by atoms with Crippen molar-refractivity contribution in [1.82, 2.24) is 9.88 Å². The zero-order chi connectivity index (χ0) is 18.1. The fourth-order valence-corrected chi connectivity index (χ4v) is 3.99. The number of nitrogens with zero attached hydrogens (tertiary/aromatic N) is 2. The molecule has 1 saturated heterocycles. The number of fused-ring (bicyclic) bond motifs is 1. The van der Waals surface area contributed by atoms with Crippen molar-refractivity contribution in [3.63, 3.8) is 0 Å². The summed E-state index contributed by atoms with van der Waals surface area (Å²) in [6, 6.07) is 6.30. The van der Waals surface area contributed by atoms with E-state index in [9.17, 15) is 9.18 Å². The average molecular weight is 358 g/mol. The summed E-state index contributed by atoms with van der Waals surface area (Å²) in [5, 5.41) is 0. The molecule has 2 unspecified atom stereocenters. The van der Waals surface area contributed by atoms with Gasteiger partial charge in [0.2, 0.25) is 11.8 Å². The number of oxazole rings is 1. The number of hydrogen-bond donors (Lipinski definition) is 0. The summed E-state index contributed by atoms with van der Waals surface area (Å²) < 4.78 is 25.0. The maximum Gasteiger partial charge on any atom is 0.229 e. The molecule has 1 aromatic heterocycles. The van der Waals surface area contributed by atoms with E-state index in [1.165, 1.54) is 18.6 Å². The van der Waals surface area contributed by atoms with Crippen LogP contribution < -0.4 is 0 Å². The van der Waals surface area contributed by atoms with Gasteiger partial charge in [-0.25, -0.2) is 9.37 Å². The van der Waals surface area contributed by atoms with E-state index in [-0.39, 0.29) is 30.3 Å². The van der Waals surface area contributed by atoms with Crippen LogP contribution in [0.5, 0.6) is 0 Å². The molecular weight excluding hydrogens is 335 g/mol. The molecule has 1 saturated carbocycles. The van der Waals surface area contributed by atoms with E-state index in [4.69, 9.17) is 9.15 Å². The molecule has 26 heavy (non-hydrogen) atoms. The summed E-state index contributed by atoms with van der Waals surface area (Å²) in [5.41, 5.74) is 1.19. The Hall–Kier alpha value is -2.21. The van der Waals surface area contributed by atoms with Crippen LogP contribution in [-0.4, -0.2) is 41.1 Å². The Morgan fingerprint density at radius 3 is 3.04 bits per heavy atom. The molecule has 0 radical (unpaired) electrons. The molecule has 0 N–H and O–H groups in total. The van der Waals surface area contributed by atoms with Crippen molar-refractivity contribution in [2.75, 3.05) is 13.2 Å². The summed E-state index contributed by atoms with van der Waals surface area (Å²) in [6.07, 6.45) is 4.71. The van der Waals surface area contributed by atoms with E-state index in [1.807, 2.05) is 4.90 Å². The average Bonchev–Trinajstić information content (AvgIpc) is 3.02. The Labute approximate surface area is 152 Å². The van der Waals surface area contributed by atoms with Gasteiger partial charge in [0.1, 0.15) is 11.6 Å². The first-order valence-electron chi connectivity index (χ1n) is 9.25. The molecule has 2 heterocycles. The minimum atomic E-state index is -0.340. The number of morpholine rings is 1. The molecule has 2 atom stereocenters. The molecule has 2 fully saturated rings. The number of halogens is 1. The van der Waals surface area contributed by atoms with Crippen molar-refractivity contribution in [1.29, 1.82) is 0 Å². The van der Waals surface area contributed by atoms with E-state index in [0.717, 1.165) is 19.3 Å². The maximum atomic E-state index is 13.4. The highest BCUT2D eigenvalue weighted by Gasteiger charge is 2.36. The quantitative estimate of drug-likeness (QED) is 0.843. The molecule has 2 aliphatic rings. The fraction of sp³-hybridized carbons (Fsp3) is 0.500. The van der Waals surface area contributed by atoms with E-state index in [0.29, 0.717) is 36.1 Å². The molecule has 0 spiro atoms. The monoisotopic (exact) mass is 358 g/mol. The van der Waals surface area contributed by atoms with Crippen LogP contribution in [0.15, 0.2) is 28.7 Å². The third kappa shape index (κ3) is 3.38. The number of aromatic nitrogens is 1. The van der Waals surface area contributed by atoms with Gasteiger partial charge in [0, 0.05) is 12.1 Å². The van der Waals surface area contributed by atoms with Crippen LogP contribution in [0.1, 0.15) is 37.1 Å². The predicted octanol–water partition coefficient (Wildman–Crippen LogP) is 3.50. The number of amides is 1. The molecule has 1 amide bonds. The van der Waals surface area contributed by atoms with Gasteiger partial charge in [-0.3, -0.25) is 4.79 Å². The standard InChI is InChI=1S/C20H23FN2O3/c1-13-16(22-20(26-13)14-5-4-6-15(21)11-14)12-19(24)23-9-10-25-18-8-3-2-7-17(18)23/h4-6,11,17-18H,2-3,7-10,12H2,1H3. The van der Waals surface area contributed by atoms with Gasteiger partial charge in [-0.1, -0.05) is 18.9 Å². The predicted molar refractivity (Wildman–Crippen MR) is 94.0 cm³/mol. The van der Waals surface area contributed by atoms with Gasteiger partial charge >= 0.3 is 0 Å². The number of rotatable bonds is 3. The van der Waals surface area contributed by atoms with Crippen LogP contribution in [0.4, 0.5) is 4.39 Å². The topological polar surface area (TPSA) is 55.6 Å². The first-order chi connectivity index (χ1) is 12.6. The molecule has 138 valence electrons. The third-order valence-corrected chi connectivity index (χ3v) is 5.34. The van der Waals surface area contributed by atoms with Gasteiger partial charge in [-0.15, -0.1) is 0 Å². The van der Waals surface area contributed by atoms with E-state index in [1.54, 1.807) is 19.1 Å². The molecule has 2 aromatic rings. The lowest BCUT2D eigenvalue weighted by molar-refractivity contribution is -0.148. The Balaban J connectivity index is 1.51.